The van der Waals surface area contributed by atoms with E-state index in [1.165, 1.54) is 109 Å². The SMILES string of the molecule is CC/C=C\C/C=C\C/C=C\C/C=C\C/C=C\CCCCCCCCCC(=O)OC(COC(=O)CCCCCCCCCCC/C=C\CCCCCCCC)COP(=O)([O-])OCC[N+](C)(C)C. The van der Waals surface area contributed by atoms with Crippen LogP contribution < -0.4 is 4.89 Å². The number of rotatable bonds is 48. The number of ether oxygens (including phenoxy) is 2. The summed E-state index contributed by atoms with van der Waals surface area (Å²) in [6.07, 6.45) is 60.7. The Kier molecular flexibility index (Phi) is 45.7. The molecule has 2 atom stereocenters. The number of phosphoric acid groups is 1. The number of unbranched alkanes of at least 4 members (excludes halogenated alkanes) is 22. The van der Waals surface area contributed by atoms with Crippen molar-refractivity contribution >= 4 is 19.8 Å². The molecule has 0 aromatic rings. The highest BCUT2D eigenvalue weighted by atomic mass is 31.2. The molecular weight excluding hydrogens is 846 g/mol. The number of carbonyl (C=O) groups excluding carboxylic acids is 2. The summed E-state index contributed by atoms with van der Waals surface area (Å²) in [5, 5.41) is 0. The van der Waals surface area contributed by atoms with Crippen LogP contribution in [0, 0.1) is 0 Å². The first-order valence-electron chi connectivity index (χ1n) is 26.6. The van der Waals surface area contributed by atoms with E-state index in [2.05, 4.69) is 86.8 Å². The molecule has 0 saturated heterocycles. The first-order chi connectivity index (χ1) is 32.0. The Morgan fingerprint density at radius 3 is 1.30 bits per heavy atom. The highest BCUT2D eigenvalue weighted by Gasteiger charge is 2.21. The minimum atomic E-state index is -4.64. The molecule has 0 N–H and O–H groups in total. The highest BCUT2D eigenvalue weighted by molar-refractivity contribution is 7.45. The van der Waals surface area contributed by atoms with Crippen LogP contribution in [0.3, 0.4) is 0 Å². The first kappa shape index (κ1) is 63.5. The van der Waals surface area contributed by atoms with Crippen LogP contribution in [-0.4, -0.2) is 70.0 Å². The minimum absolute atomic E-state index is 0.0364. The number of allylic oxidation sites excluding steroid dienone is 12. The number of nitrogens with zero attached hydrogens (tertiary/aromatic N) is 1. The summed E-state index contributed by atoms with van der Waals surface area (Å²) in [4.78, 5) is 37.8. The lowest BCUT2D eigenvalue weighted by molar-refractivity contribution is -0.870. The van der Waals surface area contributed by atoms with E-state index < -0.39 is 26.5 Å². The maximum absolute atomic E-state index is 12.8. The molecule has 0 fully saturated rings. The van der Waals surface area contributed by atoms with E-state index in [0.29, 0.717) is 17.4 Å². The van der Waals surface area contributed by atoms with Gasteiger partial charge in [0, 0.05) is 12.8 Å². The third-order valence-electron chi connectivity index (χ3n) is 11.2. The van der Waals surface area contributed by atoms with Crippen molar-refractivity contribution in [3.8, 4) is 0 Å². The summed E-state index contributed by atoms with van der Waals surface area (Å²) >= 11 is 0. The minimum Gasteiger partial charge on any atom is -0.756 e. The molecule has 0 aliphatic rings. The number of quaternary nitrogens is 1. The molecule has 382 valence electrons. The molecule has 0 aromatic heterocycles. The Labute approximate surface area is 406 Å². The number of esters is 2. The zero-order valence-corrected chi connectivity index (χ0v) is 44.0. The molecule has 0 heterocycles. The fourth-order valence-electron chi connectivity index (χ4n) is 7.09. The molecule has 0 rings (SSSR count). The fraction of sp³-hybridized carbons (Fsp3) is 0.750. The molecule has 0 aromatic carbocycles. The van der Waals surface area contributed by atoms with Gasteiger partial charge in [-0.3, -0.25) is 14.2 Å². The van der Waals surface area contributed by atoms with Gasteiger partial charge in [0.2, 0.25) is 0 Å². The van der Waals surface area contributed by atoms with Crippen molar-refractivity contribution in [3.05, 3.63) is 72.9 Å². The second-order valence-electron chi connectivity index (χ2n) is 18.9. The predicted molar refractivity (Wildman–Crippen MR) is 277 cm³/mol. The molecule has 0 aliphatic heterocycles. The van der Waals surface area contributed by atoms with Gasteiger partial charge in [0.25, 0.3) is 7.82 Å². The third kappa shape index (κ3) is 50.9. The van der Waals surface area contributed by atoms with Gasteiger partial charge in [-0.15, -0.1) is 0 Å². The molecule has 9 nitrogen and oxygen atoms in total. The van der Waals surface area contributed by atoms with Crippen LogP contribution in [-0.2, 0) is 32.7 Å². The van der Waals surface area contributed by atoms with E-state index in [-0.39, 0.29) is 32.0 Å². The van der Waals surface area contributed by atoms with Crippen molar-refractivity contribution in [1.29, 1.82) is 0 Å². The van der Waals surface area contributed by atoms with Gasteiger partial charge in [0.15, 0.2) is 6.10 Å². The van der Waals surface area contributed by atoms with Gasteiger partial charge in [-0.2, -0.15) is 0 Å². The maximum Gasteiger partial charge on any atom is 0.306 e. The van der Waals surface area contributed by atoms with Gasteiger partial charge in [0.1, 0.15) is 19.8 Å². The molecule has 2 unspecified atom stereocenters. The lowest BCUT2D eigenvalue weighted by Gasteiger charge is -2.28. The lowest BCUT2D eigenvalue weighted by Crippen LogP contribution is -2.37. The Bertz CT molecular complexity index is 1350. The first-order valence-corrected chi connectivity index (χ1v) is 28.1. The molecule has 0 aliphatic carbocycles. The zero-order valence-electron chi connectivity index (χ0n) is 43.1. The number of hydrogen-bond donors (Lipinski definition) is 0. The molecule has 66 heavy (non-hydrogen) atoms. The van der Waals surface area contributed by atoms with Gasteiger partial charge >= 0.3 is 11.9 Å². The summed E-state index contributed by atoms with van der Waals surface area (Å²) in [6, 6.07) is 0. The molecule has 0 amide bonds. The van der Waals surface area contributed by atoms with Crippen LogP contribution in [0.2, 0.25) is 0 Å². The second-order valence-corrected chi connectivity index (χ2v) is 20.3. The van der Waals surface area contributed by atoms with Gasteiger partial charge in [-0.05, 0) is 83.5 Å². The van der Waals surface area contributed by atoms with Gasteiger partial charge in [-0.1, -0.05) is 196 Å². The third-order valence-corrected chi connectivity index (χ3v) is 12.2. The largest absolute Gasteiger partial charge is 0.756 e. The average Bonchev–Trinajstić information content (AvgIpc) is 3.27. The van der Waals surface area contributed by atoms with E-state index in [9.17, 15) is 19.0 Å². The van der Waals surface area contributed by atoms with Crippen LogP contribution in [0.5, 0.6) is 0 Å². The van der Waals surface area contributed by atoms with Crippen LogP contribution in [0.15, 0.2) is 72.9 Å². The van der Waals surface area contributed by atoms with Crippen LogP contribution in [0.1, 0.15) is 219 Å². The topological polar surface area (TPSA) is 111 Å². The van der Waals surface area contributed by atoms with E-state index in [1.807, 2.05) is 21.1 Å². The number of hydrogen-bond acceptors (Lipinski definition) is 8. The van der Waals surface area contributed by atoms with Crippen LogP contribution in [0.4, 0.5) is 0 Å². The van der Waals surface area contributed by atoms with E-state index in [0.717, 1.165) is 77.0 Å². The summed E-state index contributed by atoms with van der Waals surface area (Å²) in [6.45, 7) is 4.11. The standard InChI is InChI=1S/C56H100NO8P/c1-6-8-10-12-14-16-18-20-22-24-26-27-28-29-31-33-35-37-39-41-43-45-47-49-56(59)65-54(53-64-66(60,61)63-51-50-57(3,4)5)52-62-55(58)48-46-44-42-40-38-36-34-32-30-25-23-21-19-17-15-13-11-9-7-2/h8,10,14,16,20-23,26-27,29,31,54H,6-7,9,11-13,15,17-19,24-25,28,30,32-53H2,1-5H3/b10-8-,16-14-,22-20-,23-21-,27-26-,31-29-. The summed E-state index contributed by atoms with van der Waals surface area (Å²) in [7, 11) is 1.15. The Morgan fingerprint density at radius 2 is 0.864 bits per heavy atom. The Morgan fingerprint density at radius 1 is 0.485 bits per heavy atom. The lowest BCUT2D eigenvalue weighted by atomic mass is 10.1. The van der Waals surface area contributed by atoms with E-state index in [4.69, 9.17) is 18.5 Å². The number of carbonyl (C=O) groups is 2. The molecule has 0 radical (unpaired) electrons. The summed E-state index contributed by atoms with van der Waals surface area (Å²) in [5.74, 6) is -0.849. The fourth-order valence-corrected chi connectivity index (χ4v) is 7.82. The van der Waals surface area contributed by atoms with Gasteiger partial charge in [0.05, 0.1) is 27.7 Å². The van der Waals surface area contributed by atoms with Gasteiger partial charge < -0.3 is 27.9 Å². The van der Waals surface area contributed by atoms with Crippen molar-refractivity contribution in [2.45, 2.75) is 225 Å². The molecule has 0 saturated carbocycles. The maximum atomic E-state index is 12.8. The molecule has 0 bridgehead atoms. The Balaban J connectivity index is 4.27. The van der Waals surface area contributed by atoms with Crippen molar-refractivity contribution < 1.29 is 42.1 Å². The van der Waals surface area contributed by atoms with Crippen molar-refractivity contribution in [3.63, 3.8) is 0 Å². The van der Waals surface area contributed by atoms with Gasteiger partial charge in [-0.25, -0.2) is 0 Å². The highest BCUT2D eigenvalue weighted by Crippen LogP contribution is 2.38. The van der Waals surface area contributed by atoms with Crippen molar-refractivity contribution in [1.82, 2.24) is 0 Å². The monoisotopic (exact) mass is 946 g/mol. The van der Waals surface area contributed by atoms with Crippen molar-refractivity contribution in [2.24, 2.45) is 0 Å². The average molecular weight is 946 g/mol. The molecule has 10 heteroatoms. The van der Waals surface area contributed by atoms with Crippen molar-refractivity contribution in [2.75, 3.05) is 47.5 Å². The predicted octanol–water partition coefficient (Wildman–Crippen LogP) is 15.5. The quantitative estimate of drug-likeness (QED) is 0.0195. The zero-order chi connectivity index (χ0) is 48.5. The molecule has 0 spiro atoms. The van der Waals surface area contributed by atoms with Crippen LogP contribution >= 0.6 is 7.82 Å². The van der Waals surface area contributed by atoms with E-state index >= 15 is 0 Å². The molecular formula is C56H100NO8P. The number of phosphoric ester groups is 1. The summed E-state index contributed by atoms with van der Waals surface area (Å²) in [5.41, 5.74) is 0. The second kappa shape index (κ2) is 47.5. The Hall–Kier alpha value is -2.55. The smallest absolute Gasteiger partial charge is 0.306 e. The normalized spacial score (nSPS) is 14.0. The van der Waals surface area contributed by atoms with Crippen LogP contribution in [0.25, 0.3) is 0 Å². The van der Waals surface area contributed by atoms with E-state index in [1.54, 1.807) is 0 Å². The summed E-state index contributed by atoms with van der Waals surface area (Å²) < 4.78 is 34.1. The number of likely N-dealkylation sites (N-methyl/N-ethyl adjacent to an activating group) is 1.